The molecule has 2 fully saturated rings. The molecule has 0 saturated heterocycles. The number of ether oxygens (including phenoxy) is 1. The summed E-state index contributed by atoms with van der Waals surface area (Å²) in [5.41, 5.74) is -0.675. The SMILES string of the molecule is COC1CCCC1NC1(C(=O)O)CCCC1. The zero-order chi connectivity index (χ0) is 11.6. The van der Waals surface area contributed by atoms with Crippen LogP contribution in [0.15, 0.2) is 0 Å². The van der Waals surface area contributed by atoms with E-state index in [2.05, 4.69) is 5.32 Å². The van der Waals surface area contributed by atoms with Crippen LogP contribution in [0.4, 0.5) is 0 Å². The third kappa shape index (κ3) is 2.09. The summed E-state index contributed by atoms with van der Waals surface area (Å²) in [6.07, 6.45) is 6.96. The highest BCUT2D eigenvalue weighted by Gasteiger charge is 2.44. The Balaban J connectivity index is 2.03. The van der Waals surface area contributed by atoms with Crippen LogP contribution in [0.25, 0.3) is 0 Å². The fraction of sp³-hybridized carbons (Fsp3) is 0.917. The maximum Gasteiger partial charge on any atom is 0.323 e. The minimum atomic E-state index is -0.688. The second-order valence-corrected chi connectivity index (χ2v) is 5.05. The van der Waals surface area contributed by atoms with E-state index in [4.69, 9.17) is 4.74 Å². The summed E-state index contributed by atoms with van der Waals surface area (Å²) in [6, 6.07) is 0.221. The third-order valence-corrected chi connectivity index (χ3v) is 4.08. The lowest BCUT2D eigenvalue weighted by atomic mass is 9.95. The van der Waals surface area contributed by atoms with Gasteiger partial charge in [0, 0.05) is 13.2 Å². The molecule has 92 valence electrons. The number of hydrogen-bond acceptors (Lipinski definition) is 3. The van der Waals surface area contributed by atoms with Crippen molar-refractivity contribution < 1.29 is 14.6 Å². The number of carboxylic acids is 1. The molecule has 0 aromatic rings. The highest BCUT2D eigenvalue weighted by molar-refractivity contribution is 5.79. The first-order chi connectivity index (χ1) is 7.68. The number of methoxy groups -OCH3 is 1. The molecule has 0 amide bonds. The predicted molar refractivity (Wildman–Crippen MR) is 60.4 cm³/mol. The van der Waals surface area contributed by atoms with Gasteiger partial charge in [-0.05, 0) is 32.1 Å². The fourth-order valence-electron chi connectivity index (χ4n) is 3.13. The normalized spacial score (nSPS) is 33.1. The summed E-state index contributed by atoms with van der Waals surface area (Å²) < 4.78 is 5.40. The summed E-state index contributed by atoms with van der Waals surface area (Å²) in [5, 5.41) is 12.7. The van der Waals surface area contributed by atoms with Crippen LogP contribution in [-0.2, 0) is 9.53 Å². The van der Waals surface area contributed by atoms with Crippen LogP contribution < -0.4 is 5.32 Å². The molecule has 2 rings (SSSR count). The van der Waals surface area contributed by atoms with Gasteiger partial charge in [0.15, 0.2) is 0 Å². The largest absolute Gasteiger partial charge is 0.480 e. The molecule has 0 aromatic heterocycles. The molecule has 2 aliphatic carbocycles. The van der Waals surface area contributed by atoms with Crippen LogP contribution in [0, 0.1) is 0 Å². The molecular formula is C12H21NO3. The Hall–Kier alpha value is -0.610. The van der Waals surface area contributed by atoms with Gasteiger partial charge in [-0.1, -0.05) is 12.8 Å². The second kappa shape index (κ2) is 4.72. The van der Waals surface area contributed by atoms with Crippen molar-refractivity contribution in [1.82, 2.24) is 5.32 Å². The van der Waals surface area contributed by atoms with Gasteiger partial charge < -0.3 is 9.84 Å². The van der Waals surface area contributed by atoms with E-state index in [1.807, 2.05) is 0 Å². The zero-order valence-electron chi connectivity index (χ0n) is 9.87. The number of carbonyl (C=O) groups is 1. The van der Waals surface area contributed by atoms with Gasteiger partial charge in [-0.2, -0.15) is 0 Å². The van der Waals surface area contributed by atoms with Crippen LogP contribution in [-0.4, -0.2) is 35.9 Å². The highest BCUT2D eigenvalue weighted by atomic mass is 16.5. The summed E-state index contributed by atoms with van der Waals surface area (Å²) in [6.45, 7) is 0. The number of aliphatic carboxylic acids is 1. The molecule has 2 saturated carbocycles. The molecule has 0 radical (unpaired) electrons. The van der Waals surface area contributed by atoms with Gasteiger partial charge in [-0.15, -0.1) is 0 Å². The molecule has 4 nitrogen and oxygen atoms in total. The van der Waals surface area contributed by atoms with E-state index >= 15 is 0 Å². The summed E-state index contributed by atoms with van der Waals surface area (Å²) in [4.78, 5) is 11.4. The van der Waals surface area contributed by atoms with Gasteiger partial charge >= 0.3 is 5.97 Å². The molecule has 0 heterocycles. The molecule has 0 aromatic carbocycles. The lowest BCUT2D eigenvalue weighted by Crippen LogP contribution is -2.56. The molecule has 0 bridgehead atoms. The Bertz CT molecular complexity index is 261. The number of nitrogens with one attached hydrogen (secondary N) is 1. The van der Waals surface area contributed by atoms with Crippen molar-refractivity contribution in [3.8, 4) is 0 Å². The minimum absolute atomic E-state index is 0.192. The van der Waals surface area contributed by atoms with Crippen molar-refractivity contribution in [2.45, 2.75) is 62.6 Å². The molecule has 2 N–H and O–H groups in total. The van der Waals surface area contributed by atoms with Crippen molar-refractivity contribution in [2.75, 3.05) is 7.11 Å². The summed E-state index contributed by atoms with van der Waals surface area (Å²) in [5.74, 6) is -0.688. The van der Waals surface area contributed by atoms with Crippen LogP contribution in [0.2, 0.25) is 0 Å². The Morgan fingerprint density at radius 3 is 2.56 bits per heavy atom. The standard InChI is InChI=1S/C12H21NO3/c1-16-10-6-4-5-9(10)13-12(11(14)15)7-2-3-8-12/h9-10,13H,2-8H2,1H3,(H,14,15). The molecule has 4 heteroatoms. The average Bonchev–Trinajstić information content (AvgIpc) is 2.88. The van der Waals surface area contributed by atoms with Gasteiger partial charge in [0.25, 0.3) is 0 Å². The Labute approximate surface area is 96.4 Å². The second-order valence-electron chi connectivity index (χ2n) is 5.05. The van der Waals surface area contributed by atoms with E-state index in [9.17, 15) is 9.90 Å². The quantitative estimate of drug-likeness (QED) is 0.765. The molecule has 16 heavy (non-hydrogen) atoms. The minimum Gasteiger partial charge on any atom is -0.480 e. The van der Waals surface area contributed by atoms with Gasteiger partial charge in [0.1, 0.15) is 5.54 Å². The Morgan fingerprint density at radius 1 is 1.31 bits per heavy atom. The summed E-state index contributed by atoms with van der Waals surface area (Å²) in [7, 11) is 1.72. The molecule has 0 aliphatic heterocycles. The first-order valence-corrected chi connectivity index (χ1v) is 6.22. The van der Waals surface area contributed by atoms with E-state index in [0.29, 0.717) is 0 Å². The van der Waals surface area contributed by atoms with Crippen molar-refractivity contribution in [3.05, 3.63) is 0 Å². The monoisotopic (exact) mass is 227 g/mol. The van der Waals surface area contributed by atoms with E-state index in [1.165, 1.54) is 0 Å². The number of rotatable bonds is 4. The first-order valence-electron chi connectivity index (χ1n) is 6.22. The number of carboxylic acid groups (broad SMARTS) is 1. The maximum absolute atomic E-state index is 11.4. The predicted octanol–water partition coefficient (Wildman–Crippen LogP) is 1.54. The molecule has 2 atom stereocenters. The molecule has 2 unspecified atom stereocenters. The number of hydrogen-bond donors (Lipinski definition) is 2. The Kier molecular flexibility index (Phi) is 3.50. The lowest BCUT2D eigenvalue weighted by Gasteiger charge is -2.31. The van der Waals surface area contributed by atoms with Crippen LogP contribution >= 0.6 is 0 Å². The van der Waals surface area contributed by atoms with Crippen molar-refractivity contribution in [2.24, 2.45) is 0 Å². The van der Waals surface area contributed by atoms with Gasteiger partial charge in [-0.3, -0.25) is 10.1 Å². The maximum atomic E-state index is 11.4. The highest BCUT2D eigenvalue weighted by Crippen LogP contribution is 2.33. The van der Waals surface area contributed by atoms with E-state index in [0.717, 1.165) is 44.9 Å². The van der Waals surface area contributed by atoms with Crippen LogP contribution in [0.5, 0.6) is 0 Å². The van der Waals surface area contributed by atoms with E-state index < -0.39 is 11.5 Å². The molecule has 0 spiro atoms. The zero-order valence-corrected chi connectivity index (χ0v) is 9.87. The first kappa shape index (κ1) is 11.9. The fourth-order valence-corrected chi connectivity index (χ4v) is 3.13. The molecule has 2 aliphatic rings. The van der Waals surface area contributed by atoms with Gasteiger partial charge in [-0.25, -0.2) is 0 Å². The average molecular weight is 227 g/mol. The van der Waals surface area contributed by atoms with E-state index in [1.54, 1.807) is 7.11 Å². The van der Waals surface area contributed by atoms with Crippen molar-refractivity contribution in [3.63, 3.8) is 0 Å². The summed E-state index contributed by atoms with van der Waals surface area (Å²) >= 11 is 0. The van der Waals surface area contributed by atoms with Crippen molar-refractivity contribution in [1.29, 1.82) is 0 Å². The Morgan fingerprint density at radius 2 is 2.00 bits per heavy atom. The topological polar surface area (TPSA) is 58.6 Å². The van der Waals surface area contributed by atoms with Crippen LogP contribution in [0.1, 0.15) is 44.9 Å². The van der Waals surface area contributed by atoms with Gasteiger partial charge in [0.05, 0.1) is 6.10 Å². The third-order valence-electron chi connectivity index (χ3n) is 4.08. The molecular weight excluding hydrogens is 206 g/mol. The van der Waals surface area contributed by atoms with Crippen LogP contribution in [0.3, 0.4) is 0 Å². The van der Waals surface area contributed by atoms with Gasteiger partial charge in [0.2, 0.25) is 0 Å². The van der Waals surface area contributed by atoms with Crippen molar-refractivity contribution >= 4 is 5.97 Å². The van der Waals surface area contributed by atoms with E-state index in [-0.39, 0.29) is 12.1 Å². The lowest BCUT2D eigenvalue weighted by molar-refractivity contribution is -0.145. The smallest absolute Gasteiger partial charge is 0.323 e.